The number of halogens is 3. The number of rotatable bonds is 4. The first kappa shape index (κ1) is 20.8. The van der Waals surface area contributed by atoms with E-state index in [1.54, 1.807) is 46.9 Å². The second kappa shape index (κ2) is 7.51. The molecule has 0 saturated heterocycles. The van der Waals surface area contributed by atoms with Crippen molar-refractivity contribution in [2.45, 2.75) is 12.7 Å². The first-order valence-electron chi connectivity index (χ1n) is 10.1. The molecule has 5 aromatic rings. The van der Waals surface area contributed by atoms with E-state index in [4.69, 9.17) is 0 Å². The number of aryl methyl sites for hydroxylation is 2. The zero-order valence-corrected chi connectivity index (χ0v) is 17.8. The molecule has 2 aromatic carbocycles. The van der Waals surface area contributed by atoms with Gasteiger partial charge in [0.15, 0.2) is 5.65 Å². The van der Waals surface area contributed by atoms with Crippen LogP contribution in [-0.4, -0.2) is 29.8 Å². The van der Waals surface area contributed by atoms with Gasteiger partial charge in [-0.25, -0.2) is 4.98 Å². The Kier molecular flexibility index (Phi) is 4.73. The minimum absolute atomic E-state index is 0.251. The highest BCUT2D eigenvalue weighted by Gasteiger charge is 2.30. The Bertz CT molecular complexity index is 1490. The Morgan fingerprint density at radius 2 is 1.82 bits per heavy atom. The number of amides is 1. The van der Waals surface area contributed by atoms with Gasteiger partial charge in [-0.15, -0.1) is 0 Å². The second-order valence-electron chi connectivity index (χ2n) is 7.79. The smallest absolute Gasteiger partial charge is 0.345 e. The molecule has 0 aliphatic heterocycles. The second-order valence-corrected chi connectivity index (χ2v) is 7.79. The van der Waals surface area contributed by atoms with Crippen LogP contribution in [0.4, 0.5) is 13.2 Å². The quantitative estimate of drug-likeness (QED) is 0.444. The standard InChI is InChI=1S/C23H19F3N6O/c1-30-10-9-27-20(30)12-28-22(33)14-3-8-19-17(11-14)18-13-31(2)29-21(18)32(19)16-6-4-15(5-7-16)23(24,25)26/h3-11,13H,12H2,1-2H3,(H,28,33). The SMILES string of the molecule is Cn1cc2c3cc(C(=O)NCc4nccn4C)ccc3n(-c3ccc(C(F)(F)F)cc3)c2n1. The minimum atomic E-state index is -4.41. The van der Waals surface area contributed by atoms with E-state index in [0.29, 0.717) is 16.9 Å². The first-order valence-corrected chi connectivity index (χ1v) is 10.1. The molecular formula is C23H19F3N6O. The molecule has 0 aliphatic carbocycles. The van der Waals surface area contributed by atoms with Gasteiger partial charge in [0.2, 0.25) is 0 Å². The number of aromatic nitrogens is 5. The zero-order chi connectivity index (χ0) is 23.3. The molecule has 0 saturated carbocycles. The van der Waals surface area contributed by atoms with Crippen LogP contribution < -0.4 is 5.32 Å². The van der Waals surface area contributed by atoms with Crippen LogP contribution in [0, 0.1) is 0 Å². The van der Waals surface area contributed by atoms with E-state index < -0.39 is 11.7 Å². The molecule has 0 atom stereocenters. The minimum Gasteiger partial charge on any atom is -0.345 e. The van der Waals surface area contributed by atoms with Crippen molar-refractivity contribution in [2.24, 2.45) is 14.1 Å². The fourth-order valence-corrected chi connectivity index (χ4v) is 3.92. The third-order valence-electron chi connectivity index (χ3n) is 5.59. The van der Waals surface area contributed by atoms with Crippen LogP contribution in [-0.2, 0) is 26.8 Å². The molecule has 7 nitrogen and oxygen atoms in total. The molecule has 0 aliphatic rings. The van der Waals surface area contributed by atoms with E-state index >= 15 is 0 Å². The van der Waals surface area contributed by atoms with Crippen molar-refractivity contribution in [3.05, 3.63) is 78.0 Å². The molecule has 33 heavy (non-hydrogen) atoms. The summed E-state index contributed by atoms with van der Waals surface area (Å²) < 4.78 is 44.3. The topological polar surface area (TPSA) is 69.7 Å². The van der Waals surface area contributed by atoms with E-state index in [2.05, 4.69) is 15.4 Å². The van der Waals surface area contributed by atoms with E-state index in [1.165, 1.54) is 12.1 Å². The van der Waals surface area contributed by atoms with Gasteiger partial charge in [-0.1, -0.05) is 0 Å². The molecule has 0 radical (unpaired) electrons. The highest BCUT2D eigenvalue weighted by Crippen LogP contribution is 2.34. The zero-order valence-electron chi connectivity index (χ0n) is 17.8. The molecule has 168 valence electrons. The molecule has 0 spiro atoms. The number of nitrogens with one attached hydrogen (secondary N) is 1. The number of fused-ring (bicyclic) bond motifs is 3. The summed E-state index contributed by atoms with van der Waals surface area (Å²) in [6.07, 6.45) is 0.885. The summed E-state index contributed by atoms with van der Waals surface area (Å²) in [7, 11) is 3.62. The van der Waals surface area contributed by atoms with Gasteiger partial charge in [0.05, 0.1) is 17.6 Å². The van der Waals surface area contributed by atoms with E-state index in [9.17, 15) is 18.0 Å². The van der Waals surface area contributed by atoms with E-state index in [1.807, 2.05) is 17.8 Å². The van der Waals surface area contributed by atoms with Crippen LogP contribution in [0.15, 0.2) is 61.1 Å². The average Bonchev–Trinajstić information content (AvgIpc) is 3.44. The Morgan fingerprint density at radius 1 is 1.06 bits per heavy atom. The molecule has 3 heterocycles. The number of carbonyl (C=O) groups excluding carboxylic acids is 1. The van der Waals surface area contributed by atoms with Crippen molar-refractivity contribution in [1.82, 2.24) is 29.2 Å². The lowest BCUT2D eigenvalue weighted by molar-refractivity contribution is -0.137. The Balaban J connectivity index is 1.55. The maximum absolute atomic E-state index is 13.0. The third-order valence-corrected chi connectivity index (χ3v) is 5.59. The lowest BCUT2D eigenvalue weighted by Crippen LogP contribution is -2.24. The highest BCUT2D eigenvalue weighted by atomic mass is 19.4. The molecule has 10 heteroatoms. The highest BCUT2D eigenvalue weighted by molar-refractivity contribution is 6.10. The lowest BCUT2D eigenvalue weighted by atomic mass is 10.1. The molecule has 1 N–H and O–H groups in total. The number of alkyl halides is 3. The number of hydrogen-bond acceptors (Lipinski definition) is 3. The number of carbonyl (C=O) groups is 1. The van der Waals surface area contributed by atoms with Crippen LogP contribution in [0.5, 0.6) is 0 Å². The van der Waals surface area contributed by atoms with Gasteiger partial charge in [0.25, 0.3) is 5.91 Å². The molecule has 5 rings (SSSR count). The molecule has 0 unspecified atom stereocenters. The molecule has 3 aromatic heterocycles. The molecule has 1 amide bonds. The summed E-state index contributed by atoms with van der Waals surface area (Å²) in [4.78, 5) is 17.0. The predicted molar refractivity (Wildman–Crippen MR) is 117 cm³/mol. The van der Waals surface area contributed by atoms with Crippen molar-refractivity contribution in [3.8, 4) is 5.69 Å². The first-order chi connectivity index (χ1) is 15.7. The number of benzene rings is 2. The number of hydrogen-bond donors (Lipinski definition) is 1. The van der Waals surface area contributed by atoms with Gasteiger partial charge in [-0.3, -0.25) is 14.0 Å². The van der Waals surface area contributed by atoms with Crippen LogP contribution in [0.2, 0.25) is 0 Å². The summed E-state index contributed by atoms with van der Waals surface area (Å²) in [6.45, 7) is 0.287. The van der Waals surface area contributed by atoms with Crippen molar-refractivity contribution >= 4 is 27.8 Å². The predicted octanol–water partition coefficient (Wildman–Crippen LogP) is 4.20. The van der Waals surface area contributed by atoms with Gasteiger partial charge in [-0.2, -0.15) is 18.3 Å². The normalized spacial score (nSPS) is 12.0. The fourth-order valence-electron chi connectivity index (χ4n) is 3.92. The maximum Gasteiger partial charge on any atom is 0.416 e. The monoisotopic (exact) mass is 452 g/mol. The molecular weight excluding hydrogens is 433 g/mol. The number of nitrogens with zero attached hydrogens (tertiary/aromatic N) is 5. The van der Waals surface area contributed by atoms with Crippen molar-refractivity contribution in [3.63, 3.8) is 0 Å². The largest absolute Gasteiger partial charge is 0.416 e. The average molecular weight is 452 g/mol. The van der Waals surface area contributed by atoms with E-state index in [0.717, 1.165) is 34.2 Å². The van der Waals surface area contributed by atoms with Crippen LogP contribution >= 0.6 is 0 Å². The number of imidazole rings is 1. The summed E-state index contributed by atoms with van der Waals surface area (Å²) >= 11 is 0. The van der Waals surface area contributed by atoms with Gasteiger partial charge >= 0.3 is 6.18 Å². The maximum atomic E-state index is 13.0. The van der Waals surface area contributed by atoms with Gasteiger partial charge in [-0.05, 0) is 42.5 Å². The summed E-state index contributed by atoms with van der Waals surface area (Å²) in [6, 6.07) is 10.2. The Hall–Kier alpha value is -4.08. The van der Waals surface area contributed by atoms with Gasteiger partial charge < -0.3 is 9.88 Å². The summed E-state index contributed by atoms with van der Waals surface area (Å²) in [5.74, 6) is 0.478. The van der Waals surface area contributed by atoms with Crippen LogP contribution in [0.3, 0.4) is 0 Å². The van der Waals surface area contributed by atoms with Crippen LogP contribution in [0.1, 0.15) is 21.7 Å². The van der Waals surface area contributed by atoms with Crippen molar-refractivity contribution in [1.29, 1.82) is 0 Å². The van der Waals surface area contributed by atoms with Gasteiger partial charge in [0.1, 0.15) is 5.82 Å². The summed E-state index contributed by atoms with van der Waals surface area (Å²) in [5, 5.41) is 8.94. The van der Waals surface area contributed by atoms with Gasteiger partial charge in [0, 0.05) is 54.7 Å². The fraction of sp³-hybridized carbons (Fsp3) is 0.174. The third kappa shape index (κ3) is 3.63. The lowest BCUT2D eigenvalue weighted by Gasteiger charge is -2.10. The Labute approximate surface area is 186 Å². The van der Waals surface area contributed by atoms with Crippen LogP contribution in [0.25, 0.3) is 27.6 Å². The summed E-state index contributed by atoms with van der Waals surface area (Å²) in [5.41, 5.74) is 1.64. The van der Waals surface area contributed by atoms with Crippen molar-refractivity contribution < 1.29 is 18.0 Å². The van der Waals surface area contributed by atoms with Crippen molar-refractivity contribution in [2.75, 3.05) is 0 Å². The molecule has 0 fully saturated rings. The molecule has 0 bridgehead atoms. The van der Waals surface area contributed by atoms with E-state index in [-0.39, 0.29) is 12.5 Å². The Morgan fingerprint density at radius 3 is 2.48 bits per heavy atom.